The third-order valence-electron chi connectivity index (χ3n) is 15.9. The molecule has 9 aromatic heterocycles. The van der Waals surface area contributed by atoms with Crippen molar-refractivity contribution in [1.82, 2.24) is 74.2 Å². The second-order valence-corrected chi connectivity index (χ2v) is 24.0. The van der Waals surface area contributed by atoms with Crippen LogP contribution in [0.2, 0.25) is 15.6 Å². The number of nitrogens with two attached hydrogens (primary N) is 1. The third kappa shape index (κ3) is 18.5. The molecule has 5 fully saturated rings. The minimum Gasteiger partial charge on any atom is -0.476 e. The van der Waals surface area contributed by atoms with E-state index in [1.54, 1.807) is 67.9 Å². The Morgan fingerprint density at radius 2 is 0.946 bits per heavy atom. The lowest BCUT2D eigenvalue weighted by Gasteiger charge is -2.22. The number of nitrogens with one attached hydrogen (secondary N) is 2. The second-order valence-electron chi connectivity index (χ2n) is 22.9. The van der Waals surface area contributed by atoms with Crippen molar-refractivity contribution < 1.29 is 24.1 Å². The molecular weight excluding hydrogens is 1240 g/mol. The number of nitriles is 2. The fraction of sp³-hybridized carbons (Fsp3) is 0.406. The van der Waals surface area contributed by atoms with Crippen LogP contribution in [-0.4, -0.2) is 132 Å². The molecule has 9 aromatic rings. The number of aryl methyl sites for hydroxylation is 3. The van der Waals surface area contributed by atoms with Crippen molar-refractivity contribution in [2.45, 2.75) is 103 Å². The Hall–Kier alpha value is -8.79. The Labute approximate surface area is 547 Å². The van der Waals surface area contributed by atoms with Crippen LogP contribution >= 0.6 is 34.8 Å². The molecule has 0 atom stereocenters. The first-order chi connectivity index (χ1) is 44.7. The highest BCUT2D eigenvalue weighted by Gasteiger charge is 2.44. The number of hydrogen-bond acceptors (Lipinski definition) is 22. The molecule has 0 bridgehead atoms. The van der Waals surface area contributed by atoms with Gasteiger partial charge in [-0.25, -0.2) is 44.9 Å². The van der Waals surface area contributed by atoms with Gasteiger partial charge in [-0.2, -0.15) is 25.8 Å². The Morgan fingerprint density at radius 3 is 1.32 bits per heavy atom. The van der Waals surface area contributed by atoms with Gasteiger partial charge >= 0.3 is 0 Å². The van der Waals surface area contributed by atoms with Crippen molar-refractivity contribution in [2.24, 2.45) is 10.8 Å². The molecule has 3 aliphatic heterocycles. The summed E-state index contributed by atoms with van der Waals surface area (Å²) in [5.41, 5.74) is 15.3. The summed E-state index contributed by atoms with van der Waals surface area (Å²) < 4.78 is 27.7. The largest absolute Gasteiger partial charge is 0.476 e. The molecule has 28 heteroatoms. The number of aliphatic hydroxyl groups is 1. The zero-order valence-electron chi connectivity index (χ0n) is 51.2. The zero-order chi connectivity index (χ0) is 64.5. The summed E-state index contributed by atoms with van der Waals surface area (Å²) >= 11 is 17.3. The van der Waals surface area contributed by atoms with E-state index in [1.165, 1.54) is 0 Å². The molecule has 0 radical (unpaired) electrons. The molecule has 92 heavy (non-hydrogen) atoms. The number of hydrogen-bond donors (Lipinski definition) is 4. The van der Waals surface area contributed by atoms with Crippen LogP contribution in [0.4, 0.5) is 29.0 Å². The summed E-state index contributed by atoms with van der Waals surface area (Å²) in [4.78, 5) is 38.7. The van der Waals surface area contributed by atoms with Crippen LogP contribution in [0, 0.1) is 54.3 Å². The summed E-state index contributed by atoms with van der Waals surface area (Å²) in [6, 6.07) is 16.6. The van der Waals surface area contributed by atoms with E-state index in [0.29, 0.717) is 52.8 Å². The standard InChI is InChI=1S/C23H25N7O2.C18H19ClN6O.C10H7Cl2N3.C8H13N3O.C5H7NO/c1-16-10-26-22(28-18-12-27-30(13-18)19-4-8-31-9-5-19)29-21(16)17-2-3-20(25-11-17)32-15-23(14-24)6-7-23;1-12-8-21-18(24-17(12)13-2-3-16(19)20-9-13)23-14-10-22-25(11-14)15-4-6-26-7-5-15;1-6-4-14-10(12)15-9(6)7-2-3-8(11)13-5-7;9-7-5-10-11(6-7)8-1-3-12-4-2-8;6-3-5(4-7)1-2-5/h2-3,10-13,19H,4-9,15H2,1H3,(H,26,28,29);2-3,8-11,15H,4-7H2,1H3,(H,21,23,24);2-5H,1H3;5-6,8H,1-4,9H2;7H,1-2,4H2. The van der Waals surface area contributed by atoms with Crippen molar-refractivity contribution >= 4 is 63.8 Å². The maximum absolute atomic E-state index is 9.18. The minimum absolute atomic E-state index is 0.0451. The molecule has 25 nitrogen and oxygen atoms in total. The van der Waals surface area contributed by atoms with E-state index in [0.717, 1.165) is 171 Å². The molecule has 0 amide bonds. The van der Waals surface area contributed by atoms with Gasteiger partial charge in [0.25, 0.3) is 0 Å². The van der Waals surface area contributed by atoms with Crippen LogP contribution in [0.1, 0.15) is 99.0 Å². The third-order valence-corrected chi connectivity index (χ3v) is 16.5. The van der Waals surface area contributed by atoms with Gasteiger partial charge in [0.1, 0.15) is 16.9 Å². The quantitative estimate of drug-likeness (QED) is 0.0580. The predicted octanol–water partition coefficient (Wildman–Crippen LogP) is 11.9. The van der Waals surface area contributed by atoms with Crippen LogP contribution in [0.5, 0.6) is 5.88 Å². The Kier molecular flexibility index (Phi) is 22.6. The van der Waals surface area contributed by atoms with Gasteiger partial charge in [-0.05, 0) is 144 Å². The average molecular weight is 1310 g/mol. The van der Waals surface area contributed by atoms with E-state index in [4.69, 9.17) is 74.8 Å². The lowest BCUT2D eigenvalue weighted by Crippen LogP contribution is -2.19. The van der Waals surface area contributed by atoms with Gasteiger partial charge in [-0.3, -0.25) is 14.0 Å². The number of nitrogen functional groups attached to an aromatic ring is 1. The van der Waals surface area contributed by atoms with Crippen molar-refractivity contribution in [2.75, 3.05) is 69.2 Å². The average Bonchev–Trinajstić information content (AvgIpc) is 1.99. The predicted molar refractivity (Wildman–Crippen MR) is 347 cm³/mol. The first-order valence-corrected chi connectivity index (χ1v) is 31.4. The topological polar surface area (TPSA) is 324 Å². The molecule has 14 rings (SSSR count). The van der Waals surface area contributed by atoms with Crippen LogP contribution < -0.4 is 21.1 Å². The second kappa shape index (κ2) is 31.5. The molecule has 2 aliphatic carbocycles. The van der Waals surface area contributed by atoms with Crippen LogP contribution in [-0.2, 0) is 14.2 Å². The van der Waals surface area contributed by atoms with E-state index >= 15 is 0 Å². The van der Waals surface area contributed by atoms with E-state index in [9.17, 15) is 5.26 Å². The molecular formula is C64H71Cl3N20O5. The maximum atomic E-state index is 9.18. The maximum Gasteiger partial charge on any atom is 0.227 e. The smallest absolute Gasteiger partial charge is 0.227 e. The van der Waals surface area contributed by atoms with Gasteiger partial charge in [-0.15, -0.1) is 0 Å². The molecule has 0 aromatic carbocycles. The van der Waals surface area contributed by atoms with E-state index < -0.39 is 0 Å². The molecule has 0 unspecified atom stereocenters. The molecule has 3 saturated heterocycles. The highest BCUT2D eigenvalue weighted by Crippen LogP contribution is 2.45. The summed E-state index contributed by atoms with van der Waals surface area (Å²) in [6.45, 7) is 11.1. The van der Waals surface area contributed by atoms with Crippen LogP contribution in [0.25, 0.3) is 33.8 Å². The van der Waals surface area contributed by atoms with Gasteiger partial charge in [0.05, 0.1) is 100 Å². The molecule has 2 saturated carbocycles. The number of rotatable bonds is 14. The van der Waals surface area contributed by atoms with E-state index in [1.807, 2.05) is 77.7 Å². The lowest BCUT2D eigenvalue weighted by molar-refractivity contribution is 0.0661. The first-order valence-electron chi connectivity index (χ1n) is 30.3. The molecule has 478 valence electrons. The Morgan fingerprint density at radius 1 is 0.533 bits per heavy atom. The number of aliphatic hydroxyl groups excluding tert-OH is 1. The number of aromatic nitrogens is 15. The van der Waals surface area contributed by atoms with Crippen molar-refractivity contribution in [1.29, 1.82) is 10.5 Å². The summed E-state index contributed by atoms with van der Waals surface area (Å²) in [5.74, 6) is 1.54. The van der Waals surface area contributed by atoms with Gasteiger partial charge in [-0.1, -0.05) is 23.2 Å². The summed E-state index contributed by atoms with van der Waals surface area (Å²) in [5, 5.41) is 46.6. The van der Waals surface area contributed by atoms with Gasteiger partial charge in [0, 0.05) is 118 Å². The van der Waals surface area contributed by atoms with Gasteiger partial charge in [0.15, 0.2) is 0 Å². The highest BCUT2D eigenvalue weighted by atomic mass is 35.5. The van der Waals surface area contributed by atoms with Gasteiger partial charge in [0.2, 0.25) is 23.1 Å². The monoisotopic (exact) mass is 1300 g/mol. The number of ether oxygens (including phenoxy) is 4. The number of anilines is 5. The highest BCUT2D eigenvalue weighted by molar-refractivity contribution is 6.29. The molecule has 5 aliphatic rings. The van der Waals surface area contributed by atoms with E-state index in [-0.39, 0.29) is 22.7 Å². The first kappa shape index (κ1) is 66.1. The molecule has 0 spiro atoms. The van der Waals surface area contributed by atoms with Crippen molar-refractivity contribution in [3.63, 3.8) is 0 Å². The lowest BCUT2D eigenvalue weighted by atomic mass is 10.1. The number of pyridine rings is 3. The fourth-order valence-corrected chi connectivity index (χ4v) is 10.3. The zero-order valence-corrected chi connectivity index (χ0v) is 53.5. The van der Waals surface area contributed by atoms with Crippen molar-refractivity contribution in [3.8, 4) is 51.8 Å². The Bertz CT molecular complexity index is 3920. The fourth-order valence-electron chi connectivity index (χ4n) is 9.91. The minimum atomic E-state index is -0.317. The van der Waals surface area contributed by atoms with Crippen molar-refractivity contribution in [3.05, 3.63) is 143 Å². The molecule has 12 heterocycles. The normalized spacial score (nSPS) is 16.4. The molecule has 5 N–H and O–H groups in total. The summed E-state index contributed by atoms with van der Waals surface area (Å²) in [7, 11) is 0. The SMILES string of the molecule is Cc1cnc(Cl)nc1-c1ccc(Cl)nc1.Cc1cnc(Nc2cnn(C3CCOCC3)c2)nc1-c1ccc(Cl)nc1.Cc1cnc(Nc2cnn(C3CCOCC3)c2)nc1-c1ccc(OCC2(C#N)CC2)nc1.N#CC1(CO)CC1.Nc1cnn(C2CCOCC2)c1. The van der Waals surface area contributed by atoms with Gasteiger partial charge < -0.3 is 40.4 Å². The summed E-state index contributed by atoms with van der Waals surface area (Å²) in [6.07, 6.45) is 31.1. The number of nitrogens with zero attached hydrogens (tertiary/aromatic N) is 17. The Balaban J connectivity index is 0.000000137. The number of halogens is 3. The van der Waals surface area contributed by atoms with E-state index in [2.05, 4.69) is 77.9 Å². The van der Waals surface area contributed by atoms with Crippen LogP contribution in [0.15, 0.2) is 111 Å². The van der Waals surface area contributed by atoms with Crippen LogP contribution in [0.3, 0.4) is 0 Å².